The van der Waals surface area contributed by atoms with Crippen molar-refractivity contribution in [1.29, 1.82) is 0 Å². The number of halogens is 1. The van der Waals surface area contributed by atoms with Gasteiger partial charge in [-0.05, 0) is 73.7 Å². The number of amides is 2. The molecule has 1 fully saturated rings. The number of aryl methyl sites for hydroxylation is 1. The number of nitrogens with one attached hydrogen (secondary N) is 1. The highest BCUT2D eigenvalue weighted by molar-refractivity contribution is 9.10. The van der Waals surface area contributed by atoms with Crippen LogP contribution in [0.4, 0.5) is 5.69 Å². The number of hydrogen-bond donors (Lipinski definition) is 1. The molecule has 212 valence electrons. The zero-order chi connectivity index (χ0) is 28.7. The molecule has 3 aromatic rings. The number of hydrogen-bond acceptors (Lipinski definition) is 4. The summed E-state index contributed by atoms with van der Waals surface area (Å²) in [6, 6.07) is 22.1. The van der Waals surface area contributed by atoms with Crippen LogP contribution in [0.2, 0.25) is 0 Å². The summed E-state index contributed by atoms with van der Waals surface area (Å²) in [6.45, 7) is 3.45. The van der Waals surface area contributed by atoms with E-state index in [0.717, 1.165) is 52.0 Å². The van der Waals surface area contributed by atoms with Crippen LogP contribution in [0.5, 0.6) is 0 Å². The fourth-order valence-corrected chi connectivity index (χ4v) is 6.61. The average molecular weight is 627 g/mol. The molecule has 1 aliphatic rings. The maximum absolute atomic E-state index is 14.0. The molecule has 0 saturated heterocycles. The van der Waals surface area contributed by atoms with Gasteiger partial charge in [-0.1, -0.05) is 78.2 Å². The largest absolute Gasteiger partial charge is 0.352 e. The Hall–Kier alpha value is -3.17. The average Bonchev–Trinajstić information content (AvgIpc) is 3.48. The fourth-order valence-electron chi connectivity index (χ4n) is 4.91. The van der Waals surface area contributed by atoms with Gasteiger partial charge in [-0.2, -0.15) is 0 Å². The Kier molecular flexibility index (Phi) is 10.0. The lowest BCUT2D eigenvalue weighted by Crippen LogP contribution is -2.52. The van der Waals surface area contributed by atoms with Crippen molar-refractivity contribution >= 4 is 43.5 Å². The van der Waals surface area contributed by atoms with Crippen LogP contribution in [0.25, 0.3) is 0 Å². The van der Waals surface area contributed by atoms with E-state index in [2.05, 4.69) is 21.2 Å². The van der Waals surface area contributed by atoms with Gasteiger partial charge in [0.2, 0.25) is 11.8 Å². The standard InChI is InChI=1S/C31H36BrN3O4S/c1-3-24-15-19-28(20-16-24)35(40(38,39)29-11-5-4-6-12-29)22-30(36)34(21-25-13-17-26(32)18-14-25)23(2)31(37)33-27-9-7-8-10-27/h4-6,11-20,23,27H,3,7-10,21-22H2,1-2H3,(H,33,37). The maximum atomic E-state index is 14.0. The Morgan fingerprint density at radius 1 is 0.925 bits per heavy atom. The van der Waals surface area contributed by atoms with Crippen molar-refractivity contribution in [1.82, 2.24) is 10.2 Å². The number of carbonyl (C=O) groups is 2. The quantitative estimate of drug-likeness (QED) is 0.297. The molecule has 0 aliphatic heterocycles. The SMILES string of the molecule is CCc1ccc(N(CC(=O)N(Cc2ccc(Br)cc2)C(C)C(=O)NC2CCCC2)S(=O)(=O)c2ccccc2)cc1. The van der Waals surface area contributed by atoms with Gasteiger partial charge in [-0.15, -0.1) is 0 Å². The van der Waals surface area contributed by atoms with Crippen LogP contribution >= 0.6 is 15.9 Å². The molecule has 1 aliphatic carbocycles. The molecule has 0 spiro atoms. The van der Waals surface area contributed by atoms with Crippen molar-refractivity contribution in [3.63, 3.8) is 0 Å². The van der Waals surface area contributed by atoms with Crippen molar-refractivity contribution in [2.45, 2.75) is 69.5 Å². The lowest BCUT2D eigenvalue weighted by atomic mass is 10.1. The summed E-state index contributed by atoms with van der Waals surface area (Å²) in [5.74, 6) is -0.696. The molecule has 4 rings (SSSR count). The van der Waals surface area contributed by atoms with Crippen LogP contribution in [0.3, 0.4) is 0 Å². The third-order valence-corrected chi connectivity index (χ3v) is 9.69. The third kappa shape index (κ3) is 7.31. The van der Waals surface area contributed by atoms with Gasteiger partial charge in [-0.25, -0.2) is 8.42 Å². The van der Waals surface area contributed by atoms with Crippen LogP contribution in [0.15, 0.2) is 88.2 Å². The molecule has 0 heterocycles. The Labute approximate surface area is 245 Å². The monoisotopic (exact) mass is 625 g/mol. The van der Waals surface area contributed by atoms with Gasteiger partial charge in [0.05, 0.1) is 10.6 Å². The molecule has 1 saturated carbocycles. The molecule has 40 heavy (non-hydrogen) atoms. The smallest absolute Gasteiger partial charge is 0.264 e. The predicted molar refractivity (Wildman–Crippen MR) is 161 cm³/mol. The molecule has 2 amide bonds. The van der Waals surface area contributed by atoms with E-state index < -0.39 is 28.5 Å². The first-order valence-electron chi connectivity index (χ1n) is 13.7. The normalized spacial score (nSPS) is 14.5. The molecule has 3 aromatic carbocycles. The molecule has 0 aromatic heterocycles. The van der Waals surface area contributed by atoms with Crippen molar-refractivity contribution in [3.05, 3.63) is 94.5 Å². The van der Waals surface area contributed by atoms with Gasteiger partial charge < -0.3 is 10.2 Å². The van der Waals surface area contributed by atoms with E-state index in [1.807, 2.05) is 43.3 Å². The van der Waals surface area contributed by atoms with E-state index in [1.165, 1.54) is 17.0 Å². The summed E-state index contributed by atoms with van der Waals surface area (Å²) >= 11 is 3.44. The summed E-state index contributed by atoms with van der Waals surface area (Å²) in [5, 5.41) is 3.09. The Morgan fingerprint density at radius 3 is 2.12 bits per heavy atom. The lowest BCUT2D eigenvalue weighted by molar-refractivity contribution is -0.139. The molecule has 7 nitrogen and oxygen atoms in total. The molecule has 0 bridgehead atoms. The minimum atomic E-state index is -4.07. The van der Waals surface area contributed by atoms with Crippen LogP contribution in [-0.2, 0) is 32.6 Å². The van der Waals surface area contributed by atoms with E-state index in [0.29, 0.717) is 5.69 Å². The van der Waals surface area contributed by atoms with Crippen LogP contribution < -0.4 is 9.62 Å². The van der Waals surface area contributed by atoms with Crippen molar-refractivity contribution < 1.29 is 18.0 Å². The number of anilines is 1. The highest BCUT2D eigenvalue weighted by atomic mass is 79.9. The topological polar surface area (TPSA) is 86.8 Å². The van der Waals surface area contributed by atoms with Gasteiger partial charge in [0.1, 0.15) is 12.6 Å². The molecule has 0 radical (unpaired) electrons. The van der Waals surface area contributed by atoms with E-state index in [9.17, 15) is 18.0 Å². The molecular weight excluding hydrogens is 590 g/mol. The van der Waals surface area contributed by atoms with Gasteiger partial charge in [-0.3, -0.25) is 13.9 Å². The van der Waals surface area contributed by atoms with E-state index in [4.69, 9.17) is 0 Å². The Balaban J connectivity index is 1.67. The van der Waals surface area contributed by atoms with Gasteiger partial charge in [0.25, 0.3) is 10.0 Å². The first kappa shape index (κ1) is 29.8. The second kappa shape index (κ2) is 13.5. The van der Waals surface area contributed by atoms with Crippen LogP contribution in [0.1, 0.15) is 50.7 Å². The zero-order valence-corrected chi connectivity index (χ0v) is 25.3. The number of nitrogens with zero attached hydrogens (tertiary/aromatic N) is 2. The molecule has 1 unspecified atom stereocenters. The fraction of sp³-hybridized carbons (Fsp3) is 0.355. The zero-order valence-electron chi connectivity index (χ0n) is 22.9. The second-order valence-corrected chi connectivity index (χ2v) is 12.9. The molecular formula is C31H36BrN3O4S. The summed E-state index contributed by atoms with van der Waals surface area (Å²) < 4.78 is 29.7. The summed E-state index contributed by atoms with van der Waals surface area (Å²) in [6.07, 6.45) is 4.80. The highest BCUT2D eigenvalue weighted by Crippen LogP contribution is 2.25. The summed E-state index contributed by atoms with van der Waals surface area (Å²) in [5.41, 5.74) is 2.28. The summed E-state index contributed by atoms with van der Waals surface area (Å²) in [4.78, 5) is 28.9. The van der Waals surface area contributed by atoms with E-state index in [-0.39, 0.29) is 23.4 Å². The lowest BCUT2D eigenvalue weighted by Gasteiger charge is -2.32. The van der Waals surface area contributed by atoms with Crippen molar-refractivity contribution in [3.8, 4) is 0 Å². The minimum Gasteiger partial charge on any atom is -0.352 e. The second-order valence-electron chi connectivity index (χ2n) is 10.2. The minimum absolute atomic E-state index is 0.0915. The van der Waals surface area contributed by atoms with Crippen molar-refractivity contribution in [2.75, 3.05) is 10.8 Å². The third-order valence-electron chi connectivity index (χ3n) is 7.38. The number of rotatable bonds is 11. The maximum Gasteiger partial charge on any atom is 0.264 e. The van der Waals surface area contributed by atoms with Crippen LogP contribution in [-0.4, -0.2) is 43.8 Å². The van der Waals surface area contributed by atoms with Gasteiger partial charge >= 0.3 is 0 Å². The van der Waals surface area contributed by atoms with Gasteiger partial charge in [0.15, 0.2) is 0 Å². The first-order chi connectivity index (χ1) is 19.2. The number of carbonyl (C=O) groups excluding carboxylic acids is 2. The highest BCUT2D eigenvalue weighted by Gasteiger charge is 2.33. The number of benzene rings is 3. The van der Waals surface area contributed by atoms with Crippen LogP contribution in [0, 0.1) is 0 Å². The summed E-state index contributed by atoms with van der Waals surface area (Å²) in [7, 11) is -4.07. The first-order valence-corrected chi connectivity index (χ1v) is 15.9. The van der Waals surface area contributed by atoms with Crippen molar-refractivity contribution in [2.24, 2.45) is 0 Å². The molecule has 9 heteroatoms. The molecule has 1 atom stereocenters. The van der Waals surface area contributed by atoms with Gasteiger partial charge in [0, 0.05) is 17.1 Å². The predicted octanol–water partition coefficient (Wildman–Crippen LogP) is 5.68. The number of sulfonamides is 1. The Morgan fingerprint density at radius 2 is 1.52 bits per heavy atom. The Bertz CT molecular complexity index is 1390. The van der Waals surface area contributed by atoms with E-state index >= 15 is 0 Å². The van der Waals surface area contributed by atoms with E-state index in [1.54, 1.807) is 37.3 Å². The molecule has 1 N–H and O–H groups in total.